The van der Waals surface area contributed by atoms with Crippen molar-refractivity contribution in [3.8, 4) is 0 Å². The first kappa shape index (κ1) is 12.6. The zero-order chi connectivity index (χ0) is 13.3. The van der Waals surface area contributed by atoms with Crippen molar-refractivity contribution in [2.75, 3.05) is 13.7 Å². The summed E-state index contributed by atoms with van der Waals surface area (Å²) in [5.41, 5.74) is 0.0420. The molecule has 0 N–H and O–H groups in total. The van der Waals surface area contributed by atoms with Crippen molar-refractivity contribution in [2.45, 2.75) is 50.2 Å². The van der Waals surface area contributed by atoms with Crippen molar-refractivity contribution in [3.05, 3.63) is 12.2 Å². The van der Waals surface area contributed by atoms with E-state index in [9.17, 15) is 4.79 Å². The smallest absolute Gasteiger partial charge is 0.377 e. The van der Waals surface area contributed by atoms with E-state index >= 15 is 0 Å². The summed E-state index contributed by atoms with van der Waals surface area (Å²) in [5.74, 6) is -0.351. The number of methoxy groups -OCH3 is 1. The van der Waals surface area contributed by atoms with Crippen molar-refractivity contribution >= 4 is 5.97 Å². The lowest BCUT2D eigenvalue weighted by Gasteiger charge is -2.38. The molecule has 6 nitrogen and oxygen atoms in total. The molecule has 6 heteroatoms. The van der Waals surface area contributed by atoms with Gasteiger partial charge in [-0.25, -0.2) is 14.5 Å². The van der Waals surface area contributed by atoms with Crippen LogP contribution in [-0.2, 0) is 9.47 Å². The van der Waals surface area contributed by atoms with Gasteiger partial charge >= 0.3 is 5.97 Å². The lowest BCUT2D eigenvalue weighted by molar-refractivity contribution is -0.0910. The first-order valence-electron chi connectivity index (χ1n) is 6.86. The molecule has 2 fully saturated rings. The third-order valence-electron chi connectivity index (χ3n) is 4.23. The highest BCUT2D eigenvalue weighted by molar-refractivity contribution is 5.84. The number of aromatic nitrogens is 3. The van der Waals surface area contributed by atoms with Gasteiger partial charge in [0, 0.05) is 6.61 Å². The highest BCUT2D eigenvalue weighted by atomic mass is 16.5. The molecule has 0 radical (unpaired) electrons. The van der Waals surface area contributed by atoms with Gasteiger partial charge < -0.3 is 9.47 Å². The number of nitrogens with zero attached hydrogens (tertiary/aromatic N) is 3. The standard InChI is InChI=1S/C13H19N3O3/c1-18-12(17)11-14-9-16(15-11)10-4-7-19-13(8-10)5-2-3-6-13/h9-10H,2-8H2,1H3. The van der Waals surface area contributed by atoms with Crippen molar-refractivity contribution in [1.82, 2.24) is 14.8 Å². The van der Waals surface area contributed by atoms with Crippen molar-refractivity contribution in [1.29, 1.82) is 0 Å². The van der Waals surface area contributed by atoms with Crippen LogP contribution in [0.15, 0.2) is 6.33 Å². The summed E-state index contributed by atoms with van der Waals surface area (Å²) in [6.45, 7) is 0.762. The van der Waals surface area contributed by atoms with Gasteiger partial charge in [-0.05, 0) is 25.7 Å². The van der Waals surface area contributed by atoms with E-state index in [1.54, 1.807) is 11.0 Å². The lowest BCUT2D eigenvalue weighted by Crippen LogP contribution is -2.38. The largest absolute Gasteiger partial charge is 0.463 e. The molecule has 2 aliphatic rings. The molecule has 104 valence electrons. The summed E-state index contributed by atoms with van der Waals surface area (Å²) >= 11 is 0. The van der Waals surface area contributed by atoms with E-state index in [1.165, 1.54) is 20.0 Å². The Kier molecular flexibility index (Phi) is 3.26. The molecule has 1 aromatic heterocycles. The van der Waals surface area contributed by atoms with E-state index in [2.05, 4.69) is 14.8 Å². The number of ether oxygens (including phenoxy) is 2. The van der Waals surface area contributed by atoms with Gasteiger partial charge in [-0.3, -0.25) is 0 Å². The molecule has 1 aliphatic heterocycles. The van der Waals surface area contributed by atoms with Gasteiger partial charge in [0.1, 0.15) is 6.33 Å². The maximum Gasteiger partial charge on any atom is 0.377 e. The van der Waals surface area contributed by atoms with E-state index in [-0.39, 0.29) is 17.5 Å². The second-order valence-electron chi connectivity index (χ2n) is 5.42. The average molecular weight is 265 g/mol. The molecule has 1 aliphatic carbocycles. The van der Waals surface area contributed by atoms with Crippen LogP contribution in [0.25, 0.3) is 0 Å². The molecule has 0 aromatic carbocycles. The molecule has 1 unspecified atom stereocenters. The third-order valence-corrected chi connectivity index (χ3v) is 4.23. The molecule has 3 rings (SSSR count). The molecule has 1 spiro atoms. The first-order valence-corrected chi connectivity index (χ1v) is 6.86. The lowest BCUT2D eigenvalue weighted by atomic mass is 9.89. The topological polar surface area (TPSA) is 66.2 Å². The number of carbonyl (C=O) groups is 1. The number of rotatable bonds is 2. The molecule has 2 heterocycles. The monoisotopic (exact) mass is 265 g/mol. The quantitative estimate of drug-likeness (QED) is 0.762. The highest BCUT2D eigenvalue weighted by Crippen LogP contribution is 2.43. The van der Waals surface area contributed by atoms with E-state index in [0.29, 0.717) is 0 Å². The second kappa shape index (κ2) is 4.92. The molecular formula is C13H19N3O3. The van der Waals surface area contributed by atoms with Gasteiger partial charge in [0.05, 0.1) is 18.8 Å². The van der Waals surface area contributed by atoms with Crippen LogP contribution in [0.1, 0.15) is 55.2 Å². The Bertz CT molecular complexity index is 465. The number of hydrogen-bond acceptors (Lipinski definition) is 5. The Labute approximate surface area is 112 Å². The van der Waals surface area contributed by atoms with E-state index in [0.717, 1.165) is 32.3 Å². The molecule has 0 amide bonds. The van der Waals surface area contributed by atoms with E-state index < -0.39 is 5.97 Å². The molecule has 1 saturated heterocycles. The summed E-state index contributed by atoms with van der Waals surface area (Å²) in [5, 5.41) is 4.23. The van der Waals surface area contributed by atoms with Gasteiger partial charge in [0.25, 0.3) is 5.82 Å². The van der Waals surface area contributed by atoms with Crippen molar-refractivity contribution in [2.24, 2.45) is 0 Å². The average Bonchev–Trinajstić information content (AvgIpc) is 3.08. The Hall–Kier alpha value is -1.43. The fourth-order valence-electron chi connectivity index (χ4n) is 3.23. The fraction of sp³-hybridized carbons (Fsp3) is 0.769. The molecule has 1 aromatic rings. The predicted molar refractivity (Wildman–Crippen MR) is 66.8 cm³/mol. The fourth-order valence-corrected chi connectivity index (χ4v) is 3.23. The number of hydrogen-bond donors (Lipinski definition) is 0. The summed E-state index contributed by atoms with van der Waals surface area (Å²) in [6, 6.07) is 0.276. The van der Waals surface area contributed by atoms with Crippen LogP contribution < -0.4 is 0 Å². The van der Waals surface area contributed by atoms with Gasteiger partial charge in [0.15, 0.2) is 0 Å². The van der Waals surface area contributed by atoms with Crippen LogP contribution in [0.3, 0.4) is 0 Å². The van der Waals surface area contributed by atoms with E-state index in [4.69, 9.17) is 4.74 Å². The molecular weight excluding hydrogens is 246 g/mol. The Morgan fingerprint density at radius 3 is 3.05 bits per heavy atom. The van der Waals surface area contributed by atoms with Crippen LogP contribution in [0, 0.1) is 0 Å². The van der Waals surface area contributed by atoms with Gasteiger partial charge in [0.2, 0.25) is 0 Å². The second-order valence-corrected chi connectivity index (χ2v) is 5.42. The predicted octanol–water partition coefficient (Wildman–Crippen LogP) is 1.73. The van der Waals surface area contributed by atoms with Crippen LogP contribution in [0.4, 0.5) is 0 Å². The Balaban J connectivity index is 1.74. The number of esters is 1. The summed E-state index contributed by atoms with van der Waals surface area (Å²) in [4.78, 5) is 15.4. The van der Waals surface area contributed by atoms with Gasteiger partial charge in [-0.1, -0.05) is 12.8 Å². The van der Waals surface area contributed by atoms with Gasteiger partial charge in [-0.15, -0.1) is 5.10 Å². The summed E-state index contributed by atoms with van der Waals surface area (Å²) in [7, 11) is 1.34. The number of carbonyl (C=O) groups excluding carboxylic acids is 1. The zero-order valence-corrected chi connectivity index (χ0v) is 11.2. The Morgan fingerprint density at radius 2 is 2.32 bits per heavy atom. The van der Waals surface area contributed by atoms with E-state index in [1.807, 2.05) is 0 Å². The maximum absolute atomic E-state index is 11.4. The maximum atomic E-state index is 11.4. The molecule has 19 heavy (non-hydrogen) atoms. The van der Waals surface area contributed by atoms with Crippen molar-refractivity contribution in [3.63, 3.8) is 0 Å². The minimum atomic E-state index is -0.485. The minimum absolute atomic E-state index is 0.0420. The highest BCUT2D eigenvalue weighted by Gasteiger charge is 2.40. The summed E-state index contributed by atoms with van der Waals surface area (Å²) < 4.78 is 12.4. The van der Waals surface area contributed by atoms with Crippen LogP contribution in [-0.4, -0.2) is 40.1 Å². The van der Waals surface area contributed by atoms with Crippen LogP contribution >= 0.6 is 0 Å². The summed E-state index contributed by atoms with van der Waals surface area (Å²) in [6.07, 6.45) is 8.30. The molecule has 1 atom stereocenters. The normalized spacial score (nSPS) is 25.6. The van der Waals surface area contributed by atoms with Gasteiger partial charge in [-0.2, -0.15) is 0 Å². The molecule has 1 saturated carbocycles. The van der Waals surface area contributed by atoms with Crippen LogP contribution in [0.2, 0.25) is 0 Å². The minimum Gasteiger partial charge on any atom is -0.463 e. The SMILES string of the molecule is COC(=O)c1ncn(C2CCOC3(CCCC3)C2)n1. The Morgan fingerprint density at radius 1 is 1.53 bits per heavy atom. The third kappa shape index (κ3) is 2.36. The molecule has 0 bridgehead atoms. The first-order chi connectivity index (χ1) is 9.22. The van der Waals surface area contributed by atoms with Crippen LogP contribution in [0.5, 0.6) is 0 Å². The van der Waals surface area contributed by atoms with Crippen molar-refractivity contribution < 1.29 is 14.3 Å². The zero-order valence-electron chi connectivity index (χ0n) is 11.2.